The third kappa shape index (κ3) is 8.26. The van der Waals surface area contributed by atoms with Crippen molar-refractivity contribution in [3.63, 3.8) is 0 Å². The van der Waals surface area contributed by atoms with Gasteiger partial charge in [0.15, 0.2) is 0 Å². The number of hydroxylamine groups is 1. The Morgan fingerprint density at radius 2 is 2.03 bits per heavy atom. The van der Waals surface area contributed by atoms with Crippen LogP contribution in [-0.2, 0) is 14.3 Å². The van der Waals surface area contributed by atoms with Crippen LogP contribution in [0.5, 0.6) is 0 Å². The number of allylic oxidation sites excluding steroid dienone is 1. The molecule has 0 heterocycles. The van der Waals surface area contributed by atoms with Gasteiger partial charge >= 0.3 is 0 Å². The number of nitro benzene ring substituents is 1. The fourth-order valence-electron chi connectivity index (χ4n) is 2.88. The summed E-state index contributed by atoms with van der Waals surface area (Å²) >= 11 is 0. The third-order valence-electron chi connectivity index (χ3n) is 4.33. The van der Waals surface area contributed by atoms with Crippen LogP contribution in [0.2, 0.25) is 0 Å². The molecule has 10 nitrogen and oxygen atoms in total. The summed E-state index contributed by atoms with van der Waals surface area (Å²) in [5.74, 6) is -1.19. The van der Waals surface area contributed by atoms with Crippen molar-refractivity contribution in [1.82, 2.24) is 10.8 Å². The molecule has 0 bridgehead atoms. The summed E-state index contributed by atoms with van der Waals surface area (Å²) in [6.07, 6.45) is 0.913. The maximum Gasteiger partial charge on any atom is 0.269 e. The van der Waals surface area contributed by atoms with Crippen molar-refractivity contribution < 1.29 is 29.5 Å². The van der Waals surface area contributed by atoms with Gasteiger partial charge in [-0.25, -0.2) is 5.48 Å². The number of non-ortho nitro benzene ring substituents is 1. The second-order valence-electron chi connectivity index (χ2n) is 6.82. The number of hydrogen-bond acceptors (Lipinski definition) is 8. The van der Waals surface area contributed by atoms with Crippen molar-refractivity contribution in [3.05, 3.63) is 52.6 Å². The highest BCUT2D eigenvalue weighted by atomic mass is 16.7. The molecule has 0 saturated carbocycles. The fraction of sp³-hybridized carbons (Fsp3) is 0.526. The van der Waals surface area contributed by atoms with Crippen LogP contribution in [0.3, 0.4) is 0 Å². The Hall–Kier alpha value is -2.37. The summed E-state index contributed by atoms with van der Waals surface area (Å²) in [4.78, 5) is 22.2. The Bertz CT molecular complexity index is 668. The number of carbonyl (C=O) groups is 1. The van der Waals surface area contributed by atoms with Gasteiger partial charge in [-0.2, -0.15) is 0 Å². The smallest absolute Gasteiger partial charge is 0.269 e. The molecule has 1 aromatic carbocycles. The van der Waals surface area contributed by atoms with Crippen LogP contribution < -0.4 is 10.8 Å². The molecule has 3 atom stereocenters. The van der Waals surface area contributed by atoms with E-state index in [2.05, 4.69) is 11.9 Å². The van der Waals surface area contributed by atoms with Crippen molar-refractivity contribution in [3.8, 4) is 0 Å². The minimum absolute atomic E-state index is 0.0414. The molecule has 162 valence electrons. The Kier molecular flexibility index (Phi) is 10.4. The standard InChI is InChI=1S/C19H29N3O7/c1-4-6-15(18(24)21-25)11-19(3,12-29-13-28-5-2)20-17(23)14-7-9-16(10-8-14)22(26)27/h4,7-10,15,17,20,23,25H,1,5-6,11-13H2,2-3H3,(H,21,24)/t15-,17?,19-/m0/s1. The largest absolute Gasteiger partial charge is 0.374 e. The first-order chi connectivity index (χ1) is 13.8. The highest BCUT2D eigenvalue weighted by Gasteiger charge is 2.33. The molecule has 10 heteroatoms. The first-order valence-electron chi connectivity index (χ1n) is 9.16. The van der Waals surface area contributed by atoms with E-state index in [0.717, 1.165) is 0 Å². The van der Waals surface area contributed by atoms with E-state index in [1.54, 1.807) is 18.5 Å². The van der Waals surface area contributed by atoms with Gasteiger partial charge in [-0.05, 0) is 44.4 Å². The van der Waals surface area contributed by atoms with E-state index in [-0.39, 0.29) is 25.5 Å². The molecule has 0 aromatic heterocycles. The molecule has 0 saturated heterocycles. The quantitative estimate of drug-likeness (QED) is 0.0909. The normalized spacial score (nSPS) is 15.2. The van der Waals surface area contributed by atoms with Crippen molar-refractivity contribution in [2.45, 2.75) is 38.5 Å². The van der Waals surface area contributed by atoms with E-state index in [9.17, 15) is 20.0 Å². The van der Waals surface area contributed by atoms with E-state index in [4.69, 9.17) is 14.7 Å². The Labute approximate surface area is 169 Å². The Morgan fingerprint density at radius 1 is 1.38 bits per heavy atom. The maximum atomic E-state index is 12.0. The number of ether oxygens (including phenoxy) is 2. The molecular weight excluding hydrogens is 382 g/mol. The van der Waals surface area contributed by atoms with Gasteiger partial charge in [0.1, 0.15) is 13.0 Å². The van der Waals surface area contributed by atoms with Gasteiger partial charge in [0.2, 0.25) is 5.91 Å². The molecular formula is C19H29N3O7. The minimum Gasteiger partial charge on any atom is -0.374 e. The van der Waals surface area contributed by atoms with Gasteiger partial charge in [0, 0.05) is 30.2 Å². The molecule has 1 rings (SSSR count). The van der Waals surface area contributed by atoms with Gasteiger partial charge < -0.3 is 14.6 Å². The maximum absolute atomic E-state index is 12.0. The van der Waals surface area contributed by atoms with Gasteiger partial charge in [0.25, 0.3) is 5.69 Å². The molecule has 4 N–H and O–H groups in total. The zero-order chi connectivity index (χ0) is 21.9. The lowest BCUT2D eigenvalue weighted by atomic mass is 9.86. The summed E-state index contributed by atoms with van der Waals surface area (Å²) in [6, 6.07) is 5.48. The number of aliphatic hydroxyl groups excluding tert-OH is 1. The monoisotopic (exact) mass is 411 g/mol. The average Bonchev–Trinajstić information content (AvgIpc) is 2.70. The highest BCUT2D eigenvalue weighted by molar-refractivity contribution is 5.77. The van der Waals surface area contributed by atoms with Gasteiger partial charge in [-0.15, -0.1) is 6.58 Å². The minimum atomic E-state index is -1.17. The molecule has 0 spiro atoms. The molecule has 0 aliphatic carbocycles. The average molecular weight is 411 g/mol. The number of amides is 1. The first kappa shape index (κ1) is 24.7. The topological polar surface area (TPSA) is 143 Å². The SMILES string of the molecule is C=CC[C@@H](C[C@@](C)(COCOCC)NC(O)c1ccc([N+](=O)[O-])cc1)C(=O)NO. The van der Waals surface area contributed by atoms with Crippen molar-refractivity contribution in [1.29, 1.82) is 0 Å². The van der Waals surface area contributed by atoms with Crippen LogP contribution in [-0.4, -0.2) is 46.7 Å². The van der Waals surface area contributed by atoms with E-state index in [0.29, 0.717) is 18.6 Å². The number of benzene rings is 1. The van der Waals surface area contributed by atoms with Crippen LogP contribution >= 0.6 is 0 Å². The van der Waals surface area contributed by atoms with E-state index < -0.39 is 28.5 Å². The number of nitrogens with zero attached hydrogens (tertiary/aromatic N) is 1. The molecule has 0 aliphatic rings. The fourth-order valence-corrected chi connectivity index (χ4v) is 2.88. The molecule has 29 heavy (non-hydrogen) atoms. The predicted octanol–water partition coefficient (Wildman–Crippen LogP) is 2.03. The Balaban J connectivity index is 2.97. The van der Waals surface area contributed by atoms with Crippen LogP contribution in [0.1, 0.15) is 38.5 Å². The van der Waals surface area contributed by atoms with Crippen molar-refractivity contribution in [2.75, 3.05) is 20.0 Å². The van der Waals surface area contributed by atoms with Crippen LogP contribution in [0.25, 0.3) is 0 Å². The zero-order valence-corrected chi connectivity index (χ0v) is 16.7. The van der Waals surface area contributed by atoms with Crippen LogP contribution in [0.4, 0.5) is 5.69 Å². The van der Waals surface area contributed by atoms with Gasteiger partial charge in [-0.3, -0.25) is 25.4 Å². The summed E-state index contributed by atoms with van der Waals surface area (Å²) in [5, 5.41) is 33.4. The molecule has 0 fully saturated rings. The summed E-state index contributed by atoms with van der Waals surface area (Å²) < 4.78 is 10.7. The molecule has 1 aromatic rings. The lowest BCUT2D eigenvalue weighted by Crippen LogP contribution is -2.51. The van der Waals surface area contributed by atoms with Crippen LogP contribution in [0, 0.1) is 16.0 Å². The number of nitrogens with one attached hydrogen (secondary N) is 2. The van der Waals surface area contributed by atoms with Gasteiger partial charge in [-0.1, -0.05) is 6.08 Å². The zero-order valence-electron chi connectivity index (χ0n) is 16.7. The third-order valence-corrected chi connectivity index (χ3v) is 4.33. The highest BCUT2D eigenvalue weighted by Crippen LogP contribution is 2.25. The second kappa shape index (κ2) is 12.2. The molecule has 0 radical (unpaired) electrons. The van der Waals surface area contributed by atoms with E-state index in [1.165, 1.54) is 24.3 Å². The van der Waals surface area contributed by atoms with E-state index >= 15 is 0 Å². The number of carbonyl (C=O) groups excluding carboxylic acids is 1. The van der Waals surface area contributed by atoms with Gasteiger partial charge in [0.05, 0.1) is 11.5 Å². The summed E-state index contributed by atoms with van der Waals surface area (Å²) in [5.41, 5.74) is 1.08. The van der Waals surface area contributed by atoms with Crippen LogP contribution in [0.15, 0.2) is 36.9 Å². The lowest BCUT2D eigenvalue weighted by molar-refractivity contribution is -0.384. The number of nitro groups is 1. The molecule has 1 amide bonds. The predicted molar refractivity (Wildman–Crippen MR) is 105 cm³/mol. The lowest BCUT2D eigenvalue weighted by Gasteiger charge is -2.35. The first-order valence-corrected chi connectivity index (χ1v) is 9.16. The number of hydrogen-bond donors (Lipinski definition) is 4. The van der Waals surface area contributed by atoms with Crippen molar-refractivity contribution >= 4 is 11.6 Å². The number of rotatable bonds is 14. The van der Waals surface area contributed by atoms with E-state index in [1.807, 2.05) is 6.92 Å². The molecule has 0 aliphatic heterocycles. The molecule has 1 unspecified atom stereocenters. The number of aliphatic hydroxyl groups is 1. The summed E-state index contributed by atoms with van der Waals surface area (Å²) in [7, 11) is 0. The Morgan fingerprint density at radius 3 is 2.55 bits per heavy atom. The summed E-state index contributed by atoms with van der Waals surface area (Å²) in [6.45, 7) is 7.83. The second-order valence-corrected chi connectivity index (χ2v) is 6.82. The van der Waals surface area contributed by atoms with Crippen molar-refractivity contribution in [2.24, 2.45) is 5.92 Å².